The van der Waals surface area contributed by atoms with Crippen LogP contribution in [0.5, 0.6) is 0 Å². The number of esters is 2. The summed E-state index contributed by atoms with van der Waals surface area (Å²) in [4.78, 5) is 37.1. The van der Waals surface area contributed by atoms with E-state index < -0.39 is 30.5 Å². The van der Waals surface area contributed by atoms with Gasteiger partial charge in [-0.2, -0.15) is 0 Å². The van der Waals surface area contributed by atoms with Gasteiger partial charge in [-0.15, -0.1) is 11.8 Å². The van der Waals surface area contributed by atoms with Crippen LogP contribution < -0.4 is 5.32 Å². The molecular weight excluding hydrogens is 366 g/mol. The van der Waals surface area contributed by atoms with Crippen molar-refractivity contribution in [3.8, 4) is 0 Å². The molecule has 27 heavy (non-hydrogen) atoms. The lowest BCUT2D eigenvalue weighted by atomic mass is 10.1. The Morgan fingerprint density at radius 3 is 2.30 bits per heavy atom. The predicted molar refractivity (Wildman–Crippen MR) is 103 cm³/mol. The molecule has 0 unspecified atom stereocenters. The Hall–Kier alpha value is -2.80. The molecule has 0 bridgehead atoms. The standard InChI is InChI=1S/C20H21NO5S/c1-25-20(24)17(12-14-6-4-3-5-7-14)21-18(22)13-26-19(23)15-8-10-16(27-2)11-9-15/h3-11,17H,12-13H2,1-2H3,(H,21,22)/t17-/m1/s1. The second-order valence-corrected chi connectivity index (χ2v) is 6.52. The number of amides is 1. The van der Waals surface area contributed by atoms with Crippen molar-refractivity contribution in [3.63, 3.8) is 0 Å². The molecule has 2 aromatic carbocycles. The number of rotatable bonds is 8. The molecule has 0 heterocycles. The van der Waals surface area contributed by atoms with E-state index in [0.717, 1.165) is 10.5 Å². The van der Waals surface area contributed by atoms with Gasteiger partial charge < -0.3 is 14.8 Å². The summed E-state index contributed by atoms with van der Waals surface area (Å²) in [5.41, 5.74) is 1.23. The van der Waals surface area contributed by atoms with E-state index in [0.29, 0.717) is 5.56 Å². The second-order valence-electron chi connectivity index (χ2n) is 5.64. The molecule has 1 N–H and O–H groups in total. The molecule has 7 heteroatoms. The van der Waals surface area contributed by atoms with Gasteiger partial charge in [0.2, 0.25) is 0 Å². The number of carbonyl (C=O) groups excluding carboxylic acids is 3. The van der Waals surface area contributed by atoms with Gasteiger partial charge in [0, 0.05) is 11.3 Å². The summed E-state index contributed by atoms with van der Waals surface area (Å²) < 4.78 is 9.76. The summed E-state index contributed by atoms with van der Waals surface area (Å²) in [6.07, 6.45) is 2.22. The largest absolute Gasteiger partial charge is 0.467 e. The zero-order valence-electron chi connectivity index (χ0n) is 15.1. The lowest BCUT2D eigenvalue weighted by molar-refractivity contribution is -0.145. The fourth-order valence-corrected chi connectivity index (χ4v) is 2.77. The summed E-state index contributed by atoms with van der Waals surface area (Å²) in [7, 11) is 1.25. The van der Waals surface area contributed by atoms with Crippen LogP contribution in [0.3, 0.4) is 0 Å². The number of methoxy groups -OCH3 is 1. The van der Waals surface area contributed by atoms with Gasteiger partial charge in [0.1, 0.15) is 6.04 Å². The fraction of sp³-hybridized carbons (Fsp3) is 0.250. The minimum Gasteiger partial charge on any atom is -0.467 e. The van der Waals surface area contributed by atoms with Crippen molar-refractivity contribution in [2.45, 2.75) is 17.4 Å². The third-order valence-corrected chi connectivity index (χ3v) is 4.51. The summed E-state index contributed by atoms with van der Waals surface area (Å²) >= 11 is 1.56. The van der Waals surface area contributed by atoms with E-state index in [1.807, 2.05) is 36.6 Å². The van der Waals surface area contributed by atoms with Crippen molar-refractivity contribution in [1.82, 2.24) is 5.32 Å². The van der Waals surface area contributed by atoms with Gasteiger partial charge in [0.15, 0.2) is 6.61 Å². The highest BCUT2D eigenvalue weighted by molar-refractivity contribution is 7.98. The molecule has 142 valence electrons. The van der Waals surface area contributed by atoms with Crippen LogP contribution in [0, 0.1) is 0 Å². The fourth-order valence-electron chi connectivity index (χ4n) is 2.36. The molecule has 2 aromatic rings. The SMILES string of the molecule is COC(=O)[C@@H](Cc1ccccc1)NC(=O)COC(=O)c1ccc(SC)cc1. The summed E-state index contributed by atoms with van der Waals surface area (Å²) in [6, 6.07) is 15.3. The number of carbonyl (C=O) groups is 3. The van der Waals surface area contributed by atoms with Crippen molar-refractivity contribution in [3.05, 3.63) is 65.7 Å². The molecular formula is C20H21NO5S. The van der Waals surface area contributed by atoms with E-state index in [-0.39, 0.29) is 6.42 Å². The van der Waals surface area contributed by atoms with Crippen molar-refractivity contribution in [2.75, 3.05) is 20.0 Å². The van der Waals surface area contributed by atoms with E-state index in [2.05, 4.69) is 5.32 Å². The van der Waals surface area contributed by atoms with Gasteiger partial charge in [0.05, 0.1) is 12.7 Å². The van der Waals surface area contributed by atoms with E-state index in [4.69, 9.17) is 9.47 Å². The van der Waals surface area contributed by atoms with E-state index in [1.54, 1.807) is 36.0 Å². The highest BCUT2D eigenvalue weighted by atomic mass is 32.2. The molecule has 0 aliphatic carbocycles. The number of hydrogen-bond donors (Lipinski definition) is 1. The lowest BCUT2D eigenvalue weighted by Gasteiger charge is -2.16. The van der Waals surface area contributed by atoms with Crippen molar-refractivity contribution in [1.29, 1.82) is 0 Å². The van der Waals surface area contributed by atoms with Crippen LogP contribution in [-0.4, -0.2) is 43.9 Å². The molecule has 0 saturated heterocycles. The molecule has 2 rings (SSSR count). The Morgan fingerprint density at radius 1 is 1.04 bits per heavy atom. The Bertz CT molecular complexity index is 777. The van der Waals surface area contributed by atoms with Crippen molar-refractivity contribution < 1.29 is 23.9 Å². The van der Waals surface area contributed by atoms with Crippen molar-refractivity contribution in [2.24, 2.45) is 0 Å². The van der Waals surface area contributed by atoms with Gasteiger partial charge in [-0.1, -0.05) is 30.3 Å². The van der Waals surface area contributed by atoms with E-state index in [9.17, 15) is 14.4 Å². The topological polar surface area (TPSA) is 81.7 Å². The third kappa shape index (κ3) is 6.45. The van der Waals surface area contributed by atoms with Crippen LogP contribution in [0.15, 0.2) is 59.5 Å². The van der Waals surface area contributed by atoms with Crippen LogP contribution in [-0.2, 0) is 25.5 Å². The third-order valence-electron chi connectivity index (χ3n) is 3.76. The maximum Gasteiger partial charge on any atom is 0.338 e. The number of thioether (sulfide) groups is 1. The first-order valence-corrected chi connectivity index (χ1v) is 9.48. The molecule has 0 saturated carbocycles. The van der Waals surface area contributed by atoms with Crippen LogP contribution in [0.2, 0.25) is 0 Å². The van der Waals surface area contributed by atoms with E-state index >= 15 is 0 Å². The zero-order valence-corrected chi connectivity index (χ0v) is 16.0. The van der Waals surface area contributed by atoms with Gasteiger partial charge in [-0.3, -0.25) is 4.79 Å². The highest BCUT2D eigenvalue weighted by Gasteiger charge is 2.22. The lowest BCUT2D eigenvalue weighted by Crippen LogP contribution is -2.44. The predicted octanol–water partition coefficient (Wildman–Crippen LogP) is 2.47. The Morgan fingerprint density at radius 2 is 1.70 bits per heavy atom. The Balaban J connectivity index is 1.90. The average Bonchev–Trinajstić information content (AvgIpc) is 2.71. The number of nitrogens with one attached hydrogen (secondary N) is 1. The molecule has 0 aromatic heterocycles. The normalized spacial score (nSPS) is 11.3. The molecule has 1 amide bonds. The zero-order chi connectivity index (χ0) is 19.6. The molecule has 6 nitrogen and oxygen atoms in total. The quantitative estimate of drug-likeness (QED) is 0.554. The summed E-state index contributed by atoms with van der Waals surface area (Å²) in [5.74, 6) is -1.74. The van der Waals surface area contributed by atoms with Crippen LogP contribution in [0.25, 0.3) is 0 Å². The van der Waals surface area contributed by atoms with Crippen LogP contribution in [0.4, 0.5) is 0 Å². The first-order chi connectivity index (χ1) is 13.0. The Labute approximate surface area is 162 Å². The molecule has 0 spiro atoms. The van der Waals surface area contributed by atoms with Gasteiger partial charge in [-0.05, 0) is 36.1 Å². The average molecular weight is 387 g/mol. The molecule has 0 aliphatic rings. The maximum atomic E-state index is 12.1. The summed E-state index contributed by atoms with van der Waals surface area (Å²) in [6.45, 7) is -0.481. The molecule has 0 aliphatic heterocycles. The highest BCUT2D eigenvalue weighted by Crippen LogP contribution is 2.15. The van der Waals surface area contributed by atoms with Crippen LogP contribution in [0.1, 0.15) is 15.9 Å². The van der Waals surface area contributed by atoms with Crippen LogP contribution >= 0.6 is 11.8 Å². The smallest absolute Gasteiger partial charge is 0.338 e. The molecule has 0 fully saturated rings. The monoisotopic (exact) mass is 387 g/mol. The summed E-state index contributed by atoms with van der Waals surface area (Å²) in [5, 5.41) is 2.55. The number of benzene rings is 2. The first-order valence-electron chi connectivity index (χ1n) is 8.25. The number of ether oxygens (including phenoxy) is 2. The first kappa shape index (κ1) is 20.5. The van der Waals surface area contributed by atoms with Gasteiger partial charge in [0.25, 0.3) is 5.91 Å². The van der Waals surface area contributed by atoms with Gasteiger partial charge in [-0.25, -0.2) is 9.59 Å². The second kappa shape index (κ2) is 10.4. The maximum absolute atomic E-state index is 12.1. The minimum absolute atomic E-state index is 0.281. The Kier molecular flexibility index (Phi) is 7.88. The van der Waals surface area contributed by atoms with Crippen molar-refractivity contribution >= 4 is 29.6 Å². The molecule has 0 radical (unpaired) electrons. The minimum atomic E-state index is -0.857. The molecule has 1 atom stereocenters. The number of hydrogen-bond acceptors (Lipinski definition) is 6. The van der Waals surface area contributed by atoms with Gasteiger partial charge >= 0.3 is 11.9 Å². The van der Waals surface area contributed by atoms with E-state index in [1.165, 1.54) is 7.11 Å².